The Kier molecular flexibility index (Phi) is 8.74. The summed E-state index contributed by atoms with van der Waals surface area (Å²) >= 11 is 6.34. The quantitative estimate of drug-likeness (QED) is 0.294. The van der Waals surface area contributed by atoms with Crippen molar-refractivity contribution < 1.29 is 19.0 Å². The van der Waals surface area contributed by atoms with Gasteiger partial charge in [-0.15, -0.1) is 0 Å². The maximum absolute atomic E-state index is 11.3. The zero-order valence-corrected chi connectivity index (χ0v) is 20.0. The van der Waals surface area contributed by atoms with E-state index in [-0.39, 0.29) is 29.8 Å². The Balaban J connectivity index is 1.39. The molecule has 35 heavy (non-hydrogen) atoms. The molecule has 0 saturated heterocycles. The van der Waals surface area contributed by atoms with E-state index in [0.717, 1.165) is 11.1 Å². The van der Waals surface area contributed by atoms with Crippen LogP contribution < -0.4 is 5.32 Å². The number of benzene rings is 2. The Hall–Kier alpha value is -3.37. The summed E-state index contributed by atoms with van der Waals surface area (Å²) in [5, 5.41) is 2.68. The highest BCUT2D eigenvalue weighted by Crippen LogP contribution is 2.21. The van der Waals surface area contributed by atoms with Gasteiger partial charge in [0.25, 0.3) is 0 Å². The second kappa shape index (κ2) is 12.4. The van der Waals surface area contributed by atoms with Crippen molar-refractivity contribution in [2.75, 3.05) is 18.5 Å². The summed E-state index contributed by atoms with van der Waals surface area (Å²) in [5.41, 5.74) is 3.02. The van der Waals surface area contributed by atoms with Crippen LogP contribution in [0.15, 0.2) is 67.0 Å². The highest BCUT2D eigenvalue weighted by molar-refractivity contribution is 6.33. The highest BCUT2D eigenvalue weighted by atomic mass is 35.5. The van der Waals surface area contributed by atoms with Gasteiger partial charge in [-0.25, -0.2) is 4.98 Å². The molecule has 0 unspecified atom stereocenters. The average molecular weight is 496 g/mol. The Morgan fingerprint density at radius 2 is 1.57 bits per heavy atom. The highest BCUT2D eigenvalue weighted by Gasteiger charge is 2.16. The third kappa shape index (κ3) is 7.30. The lowest BCUT2D eigenvalue weighted by molar-refractivity contribution is -0.114. The summed E-state index contributed by atoms with van der Waals surface area (Å²) in [6.45, 7) is 3.14. The third-order valence-corrected chi connectivity index (χ3v) is 5.26. The molecule has 0 spiro atoms. The predicted molar refractivity (Wildman–Crippen MR) is 132 cm³/mol. The molecule has 0 aliphatic heterocycles. The number of hydrogen-bond acceptors (Lipinski definition) is 7. The van der Waals surface area contributed by atoms with Crippen LogP contribution in [0, 0.1) is 0 Å². The molecule has 2 aromatic heterocycles. The van der Waals surface area contributed by atoms with Gasteiger partial charge in [-0.05, 0) is 11.1 Å². The van der Waals surface area contributed by atoms with Crippen molar-refractivity contribution in [3.8, 4) is 0 Å². The van der Waals surface area contributed by atoms with Crippen LogP contribution in [0.4, 0.5) is 5.95 Å². The number of anilines is 1. The first-order valence-electron chi connectivity index (χ1n) is 11.1. The van der Waals surface area contributed by atoms with Crippen molar-refractivity contribution in [3.05, 3.63) is 83.3 Å². The molecule has 2 aromatic carbocycles. The fourth-order valence-electron chi connectivity index (χ4n) is 3.34. The summed E-state index contributed by atoms with van der Waals surface area (Å²) in [7, 11) is 0. The molecule has 0 bridgehead atoms. The van der Waals surface area contributed by atoms with E-state index in [1.54, 1.807) is 10.9 Å². The van der Waals surface area contributed by atoms with E-state index < -0.39 is 0 Å². The molecule has 182 valence electrons. The third-order valence-electron chi connectivity index (χ3n) is 5.00. The summed E-state index contributed by atoms with van der Waals surface area (Å²) in [6.07, 6.45) is 1.23. The number of carbonyl (C=O) groups is 1. The first-order chi connectivity index (χ1) is 17.1. The van der Waals surface area contributed by atoms with Gasteiger partial charge >= 0.3 is 0 Å². The van der Waals surface area contributed by atoms with Crippen LogP contribution in [-0.4, -0.2) is 44.7 Å². The summed E-state index contributed by atoms with van der Waals surface area (Å²) in [6, 6.07) is 19.9. The molecule has 9 nitrogen and oxygen atoms in total. The van der Waals surface area contributed by atoms with E-state index in [0.29, 0.717) is 37.6 Å². The number of fused-ring (bicyclic) bond motifs is 1. The number of ether oxygens (including phenoxy) is 3. The lowest BCUT2D eigenvalue weighted by atomic mass is 10.2. The number of halogens is 1. The van der Waals surface area contributed by atoms with Crippen LogP contribution in [0.5, 0.6) is 0 Å². The normalized spacial score (nSPS) is 11.3. The van der Waals surface area contributed by atoms with E-state index in [4.69, 9.17) is 25.8 Å². The van der Waals surface area contributed by atoms with Crippen molar-refractivity contribution >= 4 is 34.6 Å². The lowest BCUT2D eigenvalue weighted by Gasteiger charge is -2.19. The van der Waals surface area contributed by atoms with Crippen LogP contribution >= 0.6 is 11.6 Å². The van der Waals surface area contributed by atoms with Crippen LogP contribution in [-0.2, 0) is 38.9 Å². The Morgan fingerprint density at radius 1 is 0.971 bits per heavy atom. The molecule has 2 heterocycles. The first-order valence-corrected chi connectivity index (χ1v) is 11.5. The minimum absolute atomic E-state index is 0.0997. The number of rotatable bonds is 12. The van der Waals surface area contributed by atoms with Crippen molar-refractivity contribution in [3.63, 3.8) is 0 Å². The van der Waals surface area contributed by atoms with Crippen LogP contribution in [0.3, 0.4) is 0 Å². The molecule has 0 saturated carbocycles. The van der Waals surface area contributed by atoms with Crippen molar-refractivity contribution in [2.45, 2.75) is 33.0 Å². The largest absolute Gasteiger partial charge is 0.374 e. The monoisotopic (exact) mass is 495 g/mol. The molecule has 1 N–H and O–H groups in total. The molecular weight excluding hydrogens is 470 g/mol. The number of imidazole rings is 1. The Bertz CT molecular complexity index is 1190. The fourth-order valence-corrected chi connectivity index (χ4v) is 3.61. The van der Waals surface area contributed by atoms with E-state index in [1.165, 1.54) is 6.92 Å². The number of nitrogens with one attached hydrogen (secondary N) is 1. The van der Waals surface area contributed by atoms with Gasteiger partial charge in [0.15, 0.2) is 10.8 Å². The maximum Gasteiger partial charge on any atom is 0.233 e. The van der Waals surface area contributed by atoms with Gasteiger partial charge in [-0.1, -0.05) is 72.3 Å². The van der Waals surface area contributed by atoms with Gasteiger partial charge < -0.3 is 18.8 Å². The summed E-state index contributed by atoms with van der Waals surface area (Å²) < 4.78 is 19.6. The summed E-state index contributed by atoms with van der Waals surface area (Å²) in [4.78, 5) is 23.9. The van der Waals surface area contributed by atoms with Gasteiger partial charge in [0.05, 0.1) is 32.8 Å². The van der Waals surface area contributed by atoms with Gasteiger partial charge in [0.1, 0.15) is 18.4 Å². The molecule has 4 rings (SSSR count). The van der Waals surface area contributed by atoms with Crippen LogP contribution in [0.2, 0.25) is 5.15 Å². The van der Waals surface area contributed by atoms with E-state index >= 15 is 0 Å². The SMILES string of the molecule is CC(=O)Nc1nc(Cl)c2c(ncn2COC(COCc2ccccc2)COCc2ccccc2)n1. The number of amides is 1. The molecule has 0 radical (unpaired) electrons. The smallest absolute Gasteiger partial charge is 0.233 e. The second-order valence-electron chi connectivity index (χ2n) is 7.83. The number of hydrogen-bond donors (Lipinski definition) is 1. The number of aromatic nitrogens is 4. The van der Waals surface area contributed by atoms with E-state index in [1.807, 2.05) is 60.7 Å². The molecule has 1 amide bonds. The minimum Gasteiger partial charge on any atom is -0.374 e. The fraction of sp³-hybridized carbons (Fsp3) is 0.280. The second-order valence-corrected chi connectivity index (χ2v) is 8.18. The van der Waals surface area contributed by atoms with Gasteiger partial charge in [-0.3, -0.25) is 10.1 Å². The molecular formula is C25H26ClN5O4. The molecule has 0 aliphatic rings. The van der Waals surface area contributed by atoms with Crippen molar-refractivity contribution in [1.29, 1.82) is 0 Å². The zero-order chi connectivity index (χ0) is 24.5. The van der Waals surface area contributed by atoms with Gasteiger partial charge in [0, 0.05) is 6.92 Å². The predicted octanol–water partition coefficient (Wildman–Crippen LogP) is 4.21. The molecule has 4 aromatic rings. The van der Waals surface area contributed by atoms with Crippen LogP contribution in [0.1, 0.15) is 18.1 Å². The van der Waals surface area contributed by atoms with Crippen molar-refractivity contribution in [1.82, 2.24) is 19.5 Å². The van der Waals surface area contributed by atoms with Crippen LogP contribution in [0.25, 0.3) is 11.2 Å². The van der Waals surface area contributed by atoms with Crippen molar-refractivity contribution in [2.24, 2.45) is 0 Å². The molecule has 0 fully saturated rings. The van der Waals surface area contributed by atoms with E-state index in [2.05, 4.69) is 20.3 Å². The van der Waals surface area contributed by atoms with Gasteiger partial charge in [0.2, 0.25) is 11.9 Å². The number of nitrogens with zero attached hydrogens (tertiary/aromatic N) is 4. The maximum atomic E-state index is 11.3. The number of carbonyl (C=O) groups excluding carboxylic acids is 1. The Morgan fingerprint density at radius 3 is 2.14 bits per heavy atom. The van der Waals surface area contributed by atoms with E-state index in [9.17, 15) is 4.79 Å². The average Bonchev–Trinajstić information content (AvgIpc) is 3.26. The Labute approximate surface area is 208 Å². The summed E-state index contributed by atoms with van der Waals surface area (Å²) in [5.74, 6) is -0.195. The minimum atomic E-state index is -0.335. The lowest BCUT2D eigenvalue weighted by Crippen LogP contribution is -2.26. The topological polar surface area (TPSA) is 100 Å². The zero-order valence-electron chi connectivity index (χ0n) is 19.3. The molecule has 0 aliphatic carbocycles. The standard InChI is InChI=1S/C25H26ClN5O4/c1-18(32)28-25-29-23(26)22-24(30-25)27-16-31(22)17-35-21(14-33-12-19-8-4-2-5-9-19)15-34-13-20-10-6-3-7-11-20/h2-11,16,21H,12-15,17H2,1H3,(H,28,29,30,32). The molecule has 10 heteroatoms. The first kappa shape index (κ1) is 24.7. The molecule has 0 atom stereocenters. The van der Waals surface area contributed by atoms with Gasteiger partial charge in [-0.2, -0.15) is 9.97 Å².